The van der Waals surface area contributed by atoms with Gasteiger partial charge >= 0.3 is 6.03 Å². The van der Waals surface area contributed by atoms with E-state index in [1.54, 1.807) is 22.9 Å². The van der Waals surface area contributed by atoms with Crippen LogP contribution in [0, 0.1) is 5.82 Å². The number of aromatic nitrogens is 5. The number of hydrogen-bond donors (Lipinski definition) is 3. The van der Waals surface area contributed by atoms with Crippen LogP contribution in [0.5, 0.6) is 0 Å². The Morgan fingerprint density at radius 3 is 2.73 bits per heavy atom. The van der Waals surface area contributed by atoms with Gasteiger partial charge in [-0.1, -0.05) is 38.1 Å². The fraction of sp³-hybridized carbons (Fsp3) is 0.227. The van der Waals surface area contributed by atoms with Gasteiger partial charge in [0.05, 0.1) is 17.6 Å². The summed E-state index contributed by atoms with van der Waals surface area (Å²) in [5, 5.41) is 13.8. The summed E-state index contributed by atoms with van der Waals surface area (Å²) in [5.41, 5.74) is 7.16. The van der Waals surface area contributed by atoms with Crippen LogP contribution in [0.4, 0.5) is 26.5 Å². The lowest BCUT2D eigenvalue weighted by Gasteiger charge is -2.12. The Hall–Kier alpha value is -4.28. The van der Waals surface area contributed by atoms with Crippen LogP contribution in [0.2, 0.25) is 0 Å². The van der Waals surface area contributed by atoms with Crippen LogP contribution < -0.4 is 16.4 Å². The zero-order chi connectivity index (χ0) is 23.8. The minimum absolute atomic E-state index is 0.0187. The number of carbonyl (C=O) groups excluding carboxylic acids is 1. The minimum Gasteiger partial charge on any atom is -0.383 e. The van der Waals surface area contributed by atoms with Gasteiger partial charge in [-0.05, 0) is 12.1 Å². The molecule has 4 rings (SSSR count). The molecule has 3 aromatic heterocycles. The fourth-order valence-corrected chi connectivity index (χ4v) is 3.20. The molecule has 0 bridgehead atoms. The Bertz CT molecular complexity index is 1350. The number of nitrogens with one attached hydrogen (secondary N) is 2. The molecule has 0 fully saturated rings. The Kier molecular flexibility index (Phi) is 5.54. The third-order valence-electron chi connectivity index (χ3n) is 4.84. The summed E-state index contributed by atoms with van der Waals surface area (Å²) in [6, 6.07) is 5.28. The van der Waals surface area contributed by atoms with E-state index in [2.05, 4.69) is 37.4 Å². The molecule has 1 aromatic carbocycles. The molecule has 0 aliphatic carbocycles. The minimum atomic E-state index is -0.659. The fourth-order valence-electron chi connectivity index (χ4n) is 3.20. The SMILES string of the molecule is C=CCn1nc(-c2ccc(NC(=O)Nc3cc(C(C)(C)C)on3)c(F)c2)c2c(N)ncnc21. The number of nitrogens with zero attached hydrogens (tertiary/aromatic N) is 5. The smallest absolute Gasteiger partial charge is 0.325 e. The second-order valence-corrected chi connectivity index (χ2v) is 8.38. The molecular weight excluding hydrogens is 427 g/mol. The van der Waals surface area contributed by atoms with E-state index in [1.807, 2.05) is 20.8 Å². The third kappa shape index (κ3) is 4.38. The molecular formula is C22H23FN8O2. The normalized spacial score (nSPS) is 11.5. The highest BCUT2D eigenvalue weighted by Crippen LogP contribution is 2.32. The molecule has 3 heterocycles. The molecule has 10 nitrogen and oxygen atoms in total. The first-order valence-corrected chi connectivity index (χ1v) is 10.1. The van der Waals surface area contributed by atoms with E-state index in [4.69, 9.17) is 10.3 Å². The molecule has 0 saturated carbocycles. The summed E-state index contributed by atoms with van der Waals surface area (Å²) in [6.45, 7) is 9.98. The standard InChI is InChI=1S/C22H23FN8O2/c1-5-8-31-20-17(19(24)25-11-26-20)18(29-31)12-6-7-14(13(23)9-12)27-21(32)28-16-10-15(33-30-16)22(2,3)4/h5-7,9-11H,1,8H2,2-4H3,(H2,24,25,26)(H2,27,28,30,32). The molecule has 0 aliphatic heterocycles. The zero-order valence-corrected chi connectivity index (χ0v) is 18.4. The van der Waals surface area contributed by atoms with Gasteiger partial charge in [0.25, 0.3) is 0 Å². The Morgan fingerprint density at radius 2 is 2.06 bits per heavy atom. The number of nitrogens with two attached hydrogens (primary N) is 1. The maximum Gasteiger partial charge on any atom is 0.325 e. The van der Waals surface area contributed by atoms with Gasteiger partial charge in [-0.2, -0.15) is 5.10 Å². The van der Waals surface area contributed by atoms with Gasteiger partial charge in [-0.3, -0.25) is 5.32 Å². The number of urea groups is 1. The maximum absolute atomic E-state index is 14.9. The highest BCUT2D eigenvalue weighted by atomic mass is 19.1. The third-order valence-corrected chi connectivity index (χ3v) is 4.84. The monoisotopic (exact) mass is 450 g/mol. The molecule has 0 aliphatic rings. The van der Waals surface area contributed by atoms with Gasteiger partial charge in [-0.25, -0.2) is 23.8 Å². The van der Waals surface area contributed by atoms with Gasteiger partial charge in [-0.15, -0.1) is 6.58 Å². The number of benzene rings is 1. The second kappa shape index (κ2) is 8.34. The molecule has 170 valence electrons. The first-order chi connectivity index (χ1) is 15.7. The van der Waals surface area contributed by atoms with E-state index >= 15 is 0 Å². The van der Waals surface area contributed by atoms with Crippen molar-refractivity contribution >= 4 is 34.4 Å². The summed E-state index contributed by atoms with van der Waals surface area (Å²) < 4.78 is 21.7. The van der Waals surface area contributed by atoms with Gasteiger partial charge in [0.15, 0.2) is 11.5 Å². The van der Waals surface area contributed by atoms with Crippen molar-refractivity contribution < 1.29 is 13.7 Å². The lowest BCUT2D eigenvalue weighted by atomic mass is 9.93. The van der Waals surface area contributed by atoms with Crippen molar-refractivity contribution in [3.05, 3.63) is 54.8 Å². The Morgan fingerprint density at radius 1 is 1.27 bits per heavy atom. The van der Waals surface area contributed by atoms with Crippen LogP contribution in [-0.4, -0.2) is 30.9 Å². The largest absolute Gasteiger partial charge is 0.383 e. The van der Waals surface area contributed by atoms with Crippen LogP contribution in [0.1, 0.15) is 26.5 Å². The molecule has 2 amide bonds. The van der Waals surface area contributed by atoms with E-state index in [0.29, 0.717) is 34.6 Å². The maximum atomic E-state index is 14.9. The van der Waals surface area contributed by atoms with Gasteiger partial charge in [0, 0.05) is 17.0 Å². The van der Waals surface area contributed by atoms with Crippen molar-refractivity contribution in [1.29, 1.82) is 0 Å². The molecule has 0 spiro atoms. The van der Waals surface area contributed by atoms with Crippen molar-refractivity contribution in [2.45, 2.75) is 32.7 Å². The van der Waals surface area contributed by atoms with E-state index in [1.165, 1.54) is 18.5 Å². The van der Waals surface area contributed by atoms with E-state index in [9.17, 15) is 9.18 Å². The highest BCUT2D eigenvalue weighted by molar-refractivity contribution is 6.00. The predicted octanol–water partition coefficient (Wildman–Crippen LogP) is 4.33. The summed E-state index contributed by atoms with van der Waals surface area (Å²) in [5.74, 6) is 0.415. The second-order valence-electron chi connectivity index (χ2n) is 8.38. The highest BCUT2D eigenvalue weighted by Gasteiger charge is 2.21. The van der Waals surface area contributed by atoms with Crippen LogP contribution in [0.15, 0.2) is 47.8 Å². The van der Waals surface area contributed by atoms with E-state index in [0.717, 1.165) is 0 Å². The summed E-state index contributed by atoms with van der Waals surface area (Å²) in [6.07, 6.45) is 3.01. The molecule has 4 aromatic rings. The Balaban J connectivity index is 1.57. The van der Waals surface area contributed by atoms with Crippen LogP contribution in [-0.2, 0) is 12.0 Å². The van der Waals surface area contributed by atoms with Crippen molar-refractivity contribution in [3.63, 3.8) is 0 Å². The molecule has 0 radical (unpaired) electrons. The molecule has 11 heteroatoms. The van der Waals surface area contributed by atoms with Crippen LogP contribution in [0.25, 0.3) is 22.3 Å². The molecule has 0 saturated heterocycles. The van der Waals surface area contributed by atoms with Gasteiger partial charge < -0.3 is 15.6 Å². The van der Waals surface area contributed by atoms with Crippen molar-refractivity contribution in [2.24, 2.45) is 0 Å². The zero-order valence-electron chi connectivity index (χ0n) is 18.4. The van der Waals surface area contributed by atoms with E-state index < -0.39 is 11.8 Å². The van der Waals surface area contributed by atoms with E-state index in [-0.39, 0.29) is 22.7 Å². The number of allylic oxidation sites excluding steroid dienone is 1. The molecule has 4 N–H and O–H groups in total. The van der Waals surface area contributed by atoms with Gasteiger partial charge in [0.1, 0.15) is 29.4 Å². The van der Waals surface area contributed by atoms with Crippen molar-refractivity contribution in [1.82, 2.24) is 24.9 Å². The number of fused-ring (bicyclic) bond motifs is 1. The van der Waals surface area contributed by atoms with Crippen molar-refractivity contribution in [2.75, 3.05) is 16.4 Å². The lowest BCUT2D eigenvalue weighted by Crippen LogP contribution is -2.20. The number of rotatable bonds is 5. The van der Waals surface area contributed by atoms with Crippen LogP contribution in [0.3, 0.4) is 0 Å². The first kappa shape index (κ1) is 21.9. The average molecular weight is 450 g/mol. The number of nitrogen functional groups attached to an aromatic ring is 1. The number of amides is 2. The number of anilines is 3. The average Bonchev–Trinajstić information content (AvgIpc) is 3.36. The van der Waals surface area contributed by atoms with Crippen LogP contribution >= 0.6 is 0 Å². The molecule has 33 heavy (non-hydrogen) atoms. The molecule has 0 unspecified atom stereocenters. The van der Waals surface area contributed by atoms with Gasteiger partial charge in [0.2, 0.25) is 0 Å². The quantitative estimate of drug-likeness (QED) is 0.385. The topological polar surface area (TPSA) is 137 Å². The summed E-state index contributed by atoms with van der Waals surface area (Å²) >= 11 is 0. The lowest BCUT2D eigenvalue weighted by molar-refractivity contribution is 0.261. The predicted molar refractivity (Wildman–Crippen MR) is 123 cm³/mol. The first-order valence-electron chi connectivity index (χ1n) is 10.1. The summed E-state index contributed by atoms with van der Waals surface area (Å²) in [7, 11) is 0. The number of hydrogen-bond acceptors (Lipinski definition) is 7. The number of halogens is 1. The number of carbonyl (C=O) groups is 1. The molecule has 0 atom stereocenters. The summed E-state index contributed by atoms with van der Waals surface area (Å²) in [4.78, 5) is 20.6. The van der Waals surface area contributed by atoms with Crippen molar-refractivity contribution in [3.8, 4) is 11.3 Å². The Labute approximate surface area is 188 Å².